The van der Waals surface area contributed by atoms with Crippen LogP contribution in [0.3, 0.4) is 0 Å². The molecule has 0 aliphatic carbocycles. The fraction of sp³-hybridized carbons (Fsp3) is 0.455. The molecule has 1 atom stereocenters. The number of carboxylic acid groups (broad SMARTS) is 1. The predicted molar refractivity (Wildman–Crippen MR) is 69.8 cm³/mol. The Hall–Kier alpha value is -0.880. The van der Waals surface area contributed by atoms with E-state index in [0.717, 1.165) is 9.35 Å². The van der Waals surface area contributed by atoms with E-state index in [1.165, 1.54) is 11.3 Å². The summed E-state index contributed by atoms with van der Waals surface area (Å²) in [6, 6.07) is 1.90. The molecule has 0 aromatic carbocycles. The summed E-state index contributed by atoms with van der Waals surface area (Å²) in [4.78, 5) is 23.6. The van der Waals surface area contributed by atoms with Crippen LogP contribution in [-0.2, 0) is 16.1 Å². The predicted octanol–water partition coefficient (Wildman–Crippen LogP) is 2.48. The largest absolute Gasteiger partial charge is 0.481 e. The van der Waals surface area contributed by atoms with E-state index in [2.05, 4.69) is 21.2 Å². The van der Waals surface area contributed by atoms with Crippen molar-refractivity contribution in [1.29, 1.82) is 0 Å². The van der Waals surface area contributed by atoms with Crippen molar-refractivity contribution in [3.05, 3.63) is 20.8 Å². The molecular formula is C11H14BrNO3S. The molecule has 0 aliphatic heterocycles. The summed E-state index contributed by atoms with van der Waals surface area (Å²) in [6.45, 7) is 3.81. The van der Waals surface area contributed by atoms with Gasteiger partial charge in [0.2, 0.25) is 5.91 Å². The van der Waals surface area contributed by atoms with Gasteiger partial charge in [0, 0.05) is 14.7 Å². The van der Waals surface area contributed by atoms with Gasteiger partial charge in [-0.25, -0.2) is 0 Å². The van der Waals surface area contributed by atoms with E-state index in [0.29, 0.717) is 6.54 Å². The van der Waals surface area contributed by atoms with Gasteiger partial charge in [0.15, 0.2) is 0 Å². The zero-order valence-electron chi connectivity index (χ0n) is 9.57. The molecule has 0 aliphatic rings. The van der Waals surface area contributed by atoms with Crippen LogP contribution < -0.4 is 5.32 Å². The van der Waals surface area contributed by atoms with Crippen LogP contribution in [0.2, 0.25) is 0 Å². The number of thiophene rings is 1. The van der Waals surface area contributed by atoms with Crippen LogP contribution in [0.4, 0.5) is 0 Å². The van der Waals surface area contributed by atoms with Crippen LogP contribution in [0.15, 0.2) is 15.9 Å². The molecule has 1 heterocycles. The normalized spacial score (nSPS) is 12.5. The summed E-state index contributed by atoms with van der Waals surface area (Å²) < 4.78 is 0.963. The van der Waals surface area contributed by atoms with Crippen molar-refractivity contribution in [2.75, 3.05) is 0 Å². The molecule has 0 radical (unpaired) electrons. The van der Waals surface area contributed by atoms with Crippen molar-refractivity contribution in [3.8, 4) is 0 Å². The molecule has 1 amide bonds. The Kier molecular flexibility index (Phi) is 5.14. The number of carbonyl (C=O) groups is 2. The first kappa shape index (κ1) is 14.2. The van der Waals surface area contributed by atoms with Gasteiger partial charge in [-0.15, -0.1) is 11.3 Å². The van der Waals surface area contributed by atoms with Gasteiger partial charge in [0.1, 0.15) is 5.92 Å². The molecule has 2 N–H and O–H groups in total. The molecule has 1 rings (SSSR count). The number of carboxylic acids is 1. The summed E-state index contributed by atoms with van der Waals surface area (Å²) in [5, 5.41) is 13.5. The lowest BCUT2D eigenvalue weighted by Crippen LogP contribution is -2.37. The lowest BCUT2D eigenvalue weighted by molar-refractivity contribution is -0.148. The number of aliphatic carboxylic acids is 1. The zero-order chi connectivity index (χ0) is 13.0. The van der Waals surface area contributed by atoms with E-state index in [4.69, 9.17) is 5.11 Å². The maximum Gasteiger partial charge on any atom is 0.316 e. The summed E-state index contributed by atoms with van der Waals surface area (Å²) in [6.07, 6.45) is 0. The average Bonchev–Trinajstić information content (AvgIpc) is 2.60. The second kappa shape index (κ2) is 6.16. The van der Waals surface area contributed by atoms with Gasteiger partial charge in [-0.3, -0.25) is 9.59 Å². The topological polar surface area (TPSA) is 66.4 Å². The Bertz CT molecular complexity index is 417. The highest BCUT2D eigenvalue weighted by atomic mass is 79.9. The quantitative estimate of drug-likeness (QED) is 0.819. The Morgan fingerprint density at radius 3 is 2.59 bits per heavy atom. The molecule has 17 heavy (non-hydrogen) atoms. The van der Waals surface area contributed by atoms with Crippen molar-refractivity contribution in [2.24, 2.45) is 11.8 Å². The van der Waals surface area contributed by atoms with Crippen molar-refractivity contribution < 1.29 is 14.7 Å². The smallest absolute Gasteiger partial charge is 0.316 e. The number of nitrogens with one attached hydrogen (secondary N) is 1. The van der Waals surface area contributed by atoms with Gasteiger partial charge >= 0.3 is 5.97 Å². The molecule has 94 valence electrons. The molecule has 0 bridgehead atoms. The zero-order valence-corrected chi connectivity index (χ0v) is 12.0. The van der Waals surface area contributed by atoms with E-state index in [1.54, 1.807) is 13.8 Å². The van der Waals surface area contributed by atoms with Crippen LogP contribution in [0.1, 0.15) is 18.7 Å². The minimum atomic E-state index is -1.08. The van der Waals surface area contributed by atoms with E-state index in [1.807, 2.05) is 11.4 Å². The van der Waals surface area contributed by atoms with Gasteiger partial charge in [0.25, 0.3) is 0 Å². The third kappa shape index (κ3) is 4.12. The van der Waals surface area contributed by atoms with E-state index in [-0.39, 0.29) is 5.92 Å². The number of hydrogen-bond acceptors (Lipinski definition) is 3. The van der Waals surface area contributed by atoms with Crippen LogP contribution in [0, 0.1) is 11.8 Å². The molecule has 1 aromatic rings. The summed E-state index contributed by atoms with van der Waals surface area (Å²) in [5.74, 6) is -2.72. The average molecular weight is 320 g/mol. The SMILES string of the molecule is CC(C)C(C(=O)O)C(=O)NCc1cc(Br)cs1. The second-order valence-electron chi connectivity index (χ2n) is 4.01. The first-order valence-electron chi connectivity index (χ1n) is 5.15. The summed E-state index contributed by atoms with van der Waals surface area (Å²) in [7, 11) is 0. The van der Waals surface area contributed by atoms with Crippen LogP contribution in [0.25, 0.3) is 0 Å². The van der Waals surface area contributed by atoms with Crippen LogP contribution >= 0.6 is 27.3 Å². The molecule has 0 saturated heterocycles. The lowest BCUT2D eigenvalue weighted by Gasteiger charge is -2.15. The fourth-order valence-electron chi connectivity index (χ4n) is 1.43. The number of hydrogen-bond donors (Lipinski definition) is 2. The minimum Gasteiger partial charge on any atom is -0.481 e. The third-order valence-electron chi connectivity index (χ3n) is 2.27. The Balaban J connectivity index is 2.56. The number of halogens is 1. The Morgan fingerprint density at radius 1 is 1.53 bits per heavy atom. The van der Waals surface area contributed by atoms with Crippen molar-refractivity contribution in [1.82, 2.24) is 5.32 Å². The molecule has 0 fully saturated rings. The second-order valence-corrected chi connectivity index (χ2v) is 5.92. The highest BCUT2D eigenvalue weighted by Gasteiger charge is 2.29. The number of carbonyl (C=O) groups excluding carboxylic acids is 1. The maximum absolute atomic E-state index is 11.7. The van der Waals surface area contributed by atoms with Gasteiger partial charge in [-0.05, 0) is 27.9 Å². The first-order valence-corrected chi connectivity index (χ1v) is 6.82. The molecule has 4 nitrogen and oxygen atoms in total. The third-order valence-corrected chi connectivity index (χ3v) is 3.97. The highest BCUT2D eigenvalue weighted by Crippen LogP contribution is 2.19. The molecule has 1 unspecified atom stereocenters. The van der Waals surface area contributed by atoms with E-state index in [9.17, 15) is 9.59 Å². The fourth-order valence-corrected chi connectivity index (χ4v) is 2.82. The van der Waals surface area contributed by atoms with E-state index < -0.39 is 17.8 Å². The molecular weight excluding hydrogens is 306 g/mol. The molecule has 0 saturated carbocycles. The first-order chi connectivity index (χ1) is 7.91. The maximum atomic E-state index is 11.7. The monoisotopic (exact) mass is 319 g/mol. The van der Waals surface area contributed by atoms with Gasteiger partial charge in [-0.1, -0.05) is 13.8 Å². The molecule has 6 heteroatoms. The Morgan fingerprint density at radius 2 is 2.18 bits per heavy atom. The molecule has 1 aromatic heterocycles. The minimum absolute atomic E-state index is 0.220. The highest BCUT2D eigenvalue weighted by molar-refractivity contribution is 9.10. The standard InChI is InChI=1S/C11H14BrNO3S/c1-6(2)9(11(15)16)10(14)13-4-8-3-7(12)5-17-8/h3,5-6,9H,4H2,1-2H3,(H,13,14)(H,15,16). The summed E-state index contributed by atoms with van der Waals surface area (Å²) >= 11 is 4.83. The lowest BCUT2D eigenvalue weighted by atomic mass is 9.95. The van der Waals surface area contributed by atoms with Crippen molar-refractivity contribution >= 4 is 39.1 Å². The number of rotatable bonds is 5. The van der Waals surface area contributed by atoms with Gasteiger partial charge in [-0.2, -0.15) is 0 Å². The summed E-state index contributed by atoms with van der Waals surface area (Å²) in [5.41, 5.74) is 0. The van der Waals surface area contributed by atoms with Crippen molar-refractivity contribution in [3.63, 3.8) is 0 Å². The van der Waals surface area contributed by atoms with Crippen LogP contribution in [0.5, 0.6) is 0 Å². The van der Waals surface area contributed by atoms with Crippen molar-refractivity contribution in [2.45, 2.75) is 20.4 Å². The molecule has 0 spiro atoms. The van der Waals surface area contributed by atoms with Gasteiger partial charge in [0.05, 0.1) is 6.54 Å². The van der Waals surface area contributed by atoms with Gasteiger partial charge < -0.3 is 10.4 Å². The van der Waals surface area contributed by atoms with E-state index >= 15 is 0 Å². The number of amides is 1. The van der Waals surface area contributed by atoms with Crippen LogP contribution in [-0.4, -0.2) is 17.0 Å². The Labute approximate surface area is 112 Å².